The quantitative estimate of drug-likeness (QED) is 0.944. The molecule has 2 heterocycles. The molecule has 5 nitrogen and oxygen atoms in total. The third-order valence-corrected chi connectivity index (χ3v) is 3.98. The van der Waals surface area contributed by atoms with E-state index < -0.39 is 5.92 Å². The largest absolute Gasteiger partial charge is 0.338 e. The van der Waals surface area contributed by atoms with Crippen LogP contribution in [-0.2, 0) is 9.59 Å². The summed E-state index contributed by atoms with van der Waals surface area (Å²) in [5, 5.41) is 2.80. The van der Waals surface area contributed by atoms with Crippen molar-refractivity contribution < 1.29 is 9.59 Å². The first-order valence-corrected chi connectivity index (χ1v) is 7.19. The first kappa shape index (κ1) is 14.3. The fourth-order valence-corrected chi connectivity index (χ4v) is 2.87. The molecule has 5 heteroatoms. The number of hydrogen-bond donors (Lipinski definition) is 1. The minimum absolute atomic E-state index is 0.0185. The van der Waals surface area contributed by atoms with Gasteiger partial charge in [0.1, 0.15) is 5.82 Å². The second kappa shape index (κ2) is 5.97. The number of nitrogens with zero attached hydrogens (tertiary/aromatic N) is 2. The zero-order chi connectivity index (χ0) is 15.5. The predicted molar refractivity (Wildman–Crippen MR) is 82.9 cm³/mol. The van der Waals surface area contributed by atoms with Crippen LogP contribution in [0.5, 0.6) is 0 Å². The van der Waals surface area contributed by atoms with E-state index in [0.29, 0.717) is 5.82 Å². The van der Waals surface area contributed by atoms with E-state index in [1.54, 1.807) is 30.3 Å². The summed E-state index contributed by atoms with van der Waals surface area (Å²) >= 11 is 0. The normalized spacial score (nSPS) is 21.0. The number of nitrogens with one attached hydrogen (secondary N) is 1. The molecule has 0 radical (unpaired) electrons. The fourth-order valence-electron chi connectivity index (χ4n) is 2.87. The van der Waals surface area contributed by atoms with Gasteiger partial charge in [-0.3, -0.25) is 9.59 Å². The summed E-state index contributed by atoms with van der Waals surface area (Å²) in [5.74, 6) is -0.108. The third kappa shape index (κ3) is 2.70. The molecule has 1 aliphatic rings. The van der Waals surface area contributed by atoms with E-state index in [4.69, 9.17) is 0 Å². The number of aromatic nitrogens is 1. The highest BCUT2D eigenvalue weighted by Crippen LogP contribution is 2.37. The summed E-state index contributed by atoms with van der Waals surface area (Å²) in [6, 6.07) is 14.7. The average Bonchev–Trinajstić information content (AvgIpc) is 2.85. The summed E-state index contributed by atoms with van der Waals surface area (Å²) in [6.45, 7) is 0. The van der Waals surface area contributed by atoms with Gasteiger partial charge in [0.15, 0.2) is 0 Å². The zero-order valence-corrected chi connectivity index (χ0v) is 12.3. The summed E-state index contributed by atoms with van der Waals surface area (Å²) < 4.78 is 0. The highest BCUT2D eigenvalue weighted by molar-refractivity contribution is 5.97. The Bertz CT molecular complexity index is 673. The Morgan fingerprint density at radius 1 is 1.18 bits per heavy atom. The number of rotatable bonds is 3. The van der Waals surface area contributed by atoms with Crippen molar-refractivity contribution in [3.05, 3.63) is 60.3 Å². The van der Waals surface area contributed by atoms with E-state index in [1.807, 2.05) is 36.4 Å². The second-order valence-corrected chi connectivity index (χ2v) is 5.38. The molecule has 3 rings (SSSR count). The summed E-state index contributed by atoms with van der Waals surface area (Å²) in [6.07, 6.45) is 1.84. The highest BCUT2D eigenvalue weighted by Gasteiger charge is 2.42. The molecule has 112 valence electrons. The number of carbonyl (C=O) groups excluding carboxylic acids is 2. The van der Waals surface area contributed by atoms with Crippen molar-refractivity contribution in [2.75, 3.05) is 12.4 Å². The number of amides is 2. The van der Waals surface area contributed by atoms with Crippen LogP contribution in [0.25, 0.3) is 0 Å². The highest BCUT2D eigenvalue weighted by atomic mass is 16.2. The maximum atomic E-state index is 12.6. The van der Waals surface area contributed by atoms with Crippen LogP contribution >= 0.6 is 0 Å². The first-order chi connectivity index (χ1) is 10.7. The Morgan fingerprint density at radius 2 is 1.91 bits per heavy atom. The van der Waals surface area contributed by atoms with Crippen LogP contribution in [0, 0.1) is 5.92 Å². The SMILES string of the molecule is CN1C(=O)C[C@H](C(=O)Nc2ccccn2)[C@H]1c1ccccc1. The standard InChI is InChI=1S/C17H17N3O2/c1-20-15(21)11-13(16(20)12-7-3-2-4-8-12)17(22)19-14-9-5-6-10-18-14/h2-10,13,16H,11H2,1H3,(H,18,19,22)/t13-,16+/m0/s1. The van der Waals surface area contributed by atoms with Crippen LogP contribution in [-0.4, -0.2) is 28.7 Å². The van der Waals surface area contributed by atoms with Gasteiger partial charge in [0.25, 0.3) is 0 Å². The van der Waals surface area contributed by atoms with Crippen LogP contribution < -0.4 is 5.32 Å². The molecule has 0 saturated carbocycles. The number of anilines is 1. The monoisotopic (exact) mass is 295 g/mol. The maximum Gasteiger partial charge on any atom is 0.231 e. The molecule has 1 aromatic carbocycles. The Hall–Kier alpha value is -2.69. The average molecular weight is 295 g/mol. The molecule has 1 N–H and O–H groups in total. The van der Waals surface area contributed by atoms with Crippen molar-refractivity contribution in [2.45, 2.75) is 12.5 Å². The molecule has 0 spiro atoms. The molecule has 2 amide bonds. The summed E-state index contributed by atoms with van der Waals surface area (Å²) in [4.78, 5) is 30.4. The number of hydrogen-bond acceptors (Lipinski definition) is 3. The Labute approximate surface area is 129 Å². The van der Waals surface area contributed by atoms with E-state index >= 15 is 0 Å². The molecular weight excluding hydrogens is 278 g/mol. The van der Waals surface area contributed by atoms with Crippen molar-refractivity contribution in [2.24, 2.45) is 5.92 Å². The van der Waals surface area contributed by atoms with Crippen LogP contribution in [0.15, 0.2) is 54.7 Å². The van der Waals surface area contributed by atoms with E-state index in [2.05, 4.69) is 10.3 Å². The predicted octanol–water partition coefficient (Wildman–Crippen LogP) is 2.24. The van der Waals surface area contributed by atoms with Crippen molar-refractivity contribution in [1.82, 2.24) is 9.88 Å². The summed E-state index contributed by atoms with van der Waals surface area (Å²) in [5.41, 5.74) is 0.969. The van der Waals surface area contributed by atoms with Gasteiger partial charge in [0.2, 0.25) is 11.8 Å². The molecule has 1 aromatic heterocycles. The van der Waals surface area contributed by atoms with E-state index in [9.17, 15) is 9.59 Å². The van der Waals surface area contributed by atoms with Gasteiger partial charge in [-0.15, -0.1) is 0 Å². The molecule has 22 heavy (non-hydrogen) atoms. The van der Waals surface area contributed by atoms with Crippen molar-refractivity contribution >= 4 is 17.6 Å². The van der Waals surface area contributed by atoms with Gasteiger partial charge >= 0.3 is 0 Å². The van der Waals surface area contributed by atoms with Gasteiger partial charge in [-0.2, -0.15) is 0 Å². The number of benzene rings is 1. The molecule has 1 aliphatic heterocycles. The third-order valence-electron chi connectivity index (χ3n) is 3.98. The van der Waals surface area contributed by atoms with Gasteiger partial charge in [-0.25, -0.2) is 4.98 Å². The van der Waals surface area contributed by atoms with Crippen LogP contribution in [0.1, 0.15) is 18.0 Å². The minimum Gasteiger partial charge on any atom is -0.338 e. The van der Waals surface area contributed by atoms with E-state index in [1.165, 1.54) is 0 Å². The lowest BCUT2D eigenvalue weighted by Gasteiger charge is -2.24. The molecular formula is C17H17N3O2. The molecule has 2 aromatic rings. The van der Waals surface area contributed by atoms with Crippen molar-refractivity contribution in [3.63, 3.8) is 0 Å². The lowest BCUT2D eigenvalue weighted by Crippen LogP contribution is -2.30. The zero-order valence-electron chi connectivity index (χ0n) is 12.3. The van der Waals surface area contributed by atoms with Crippen molar-refractivity contribution in [3.8, 4) is 0 Å². The maximum absolute atomic E-state index is 12.6. The fraction of sp³-hybridized carbons (Fsp3) is 0.235. The van der Waals surface area contributed by atoms with Gasteiger partial charge in [0, 0.05) is 19.7 Å². The Kier molecular flexibility index (Phi) is 3.87. The van der Waals surface area contributed by atoms with Crippen LogP contribution in [0.3, 0.4) is 0 Å². The summed E-state index contributed by atoms with van der Waals surface area (Å²) in [7, 11) is 1.74. The first-order valence-electron chi connectivity index (χ1n) is 7.19. The molecule has 0 bridgehead atoms. The number of pyridine rings is 1. The number of carbonyl (C=O) groups is 2. The lowest BCUT2D eigenvalue weighted by molar-refractivity contribution is -0.127. The van der Waals surface area contributed by atoms with E-state index in [-0.39, 0.29) is 24.3 Å². The molecule has 0 unspecified atom stereocenters. The van der Waals surface area contributed by atoms with Crippen LogP contribution in [0.2, 0.25) is 0 Å². The van der Waals surface area contributed by atoms with Crippen molar-refractivity contribution in [1.29, 1.82) is 0 Å². The minimum atomic E-state index is -0.415. The molecule has 1 saturated heterocycles. The second-order valence-electron chi connectivity index (χ2n) is 5.38. The van der Waals surface area contributed by atoms with Gasteiger partial charge < -0.3 is 10.2 Å². The molecule has 1 fully saturated rings. The molecule has 2 atom stereocenters. The molecule has 0 aliphatic carbocycles. The number of likely N-dealkylation sites (tertiary alicyclic amines) is 1. The topological polar surface area (TPSA) is 62.3 Å². The van der Waals surface area contributed by atoms with E-state index in [0.717, 1.165) is 5.56 Å². The van der Waals surface area contributed by atoms with Gasteiger partial charge in [0.05, 0.1) is 12.0 Å². The smallest absolute Gasteiger partial charge is 0.231 e. The van der Waals surface area contributed by atoms with Gasteiger partial charge in [-0.1, -0.05) is 36.4 Å². The Morgan fingerprint density at radius 3 is 2.59 bits per heavy atom. The van der Waals surface area contributed by atoms with Gasteiger partial charge in [-0.05, 0) is 17.7 Å². The van der Waals surface area contributed by atoms with Crippen LogP contribution in [0.4, 0.5) is 5.82 Å². The Balaban J connectivity index is 1.84. The lowest BCUT2D eigenvalue weighted by atomic mass is 9.93.